The molecule has 2 N–H and O–H groups in total. The first-order valence-electron chi connectivity index (χ1n) is 10.3. The van der Waals surface area contributed by atoms with Gasteiger partial charge in [-0.25, -0.2) is 9.97 Å². The molecule has 0 saturated carbocycles. The number of hydrogen-bond donors (Lipinski definition) is 1. The van der Waals surface area contributed by atoms with Crippen molar-refractivity contribution in [1.29, 1.82) is 0 Å². The molecule has 2 aliphatic rings. The van der Waals surface area contributed by atoms with Gasteiger partial charge in [-0.05, 0) is 50.1 Å². The first kappa shape index (κ1) is 19.0. The van der Waals surface area contributed by atoms with Gasteiger partial charge in [-0.1, -0.05) is 0 Å². The average Bonchev–Trinajstić information content (AvgIpc) is 3.33. The van der Waals surface area contributed by atoms with Gasteiger partial charge in [0, 0.05) is 31.1 Å². The maximum absolute atomic E-state index is 11.5. The van der Waals surface area contributed by atoms with Crippen molar-refractivity contribution < 1.29 is 14.3 Å². The largest absolute Gasteiger partial charge is 0.376 e. The summed E-state index contributed by atoms with van der Waals surface area (Å²) in [4.78, 5) is 22.4. The van der Waals surface area contributed by atoms with E-state index in [1.165, 1.54) is 0 Å². The molecule has 156 valence electrons. The van der Waals surface area contributed by atoms with Gasteiger partial charge >= 0.3 is 0 Å². The van der Waals surface area contributed by atoms with Crippen LogP contribution in [-0.4, -0.2) is 59.0 Å². The van der Waals surface area contributed by atoms with E-state index in [-0.39, 0.29) is 17.9 Å². The minimum Gasteiger partial charge on any atom is -0.376 e. The summed E-state index contributed by atoms with van der Waals surface area (Å²) in [6, 6.07) is 10.0. The zero-order chi connectivity index (χ0) is 20.7. The highest BCUT2D eigenvalue weighted by molar-refractivity contribution is 5.94. The van der Waals surface area contributed by atoms with E-state index in [1.54, 1.807) is 12.3 Å². The highest BCUT2D eigenvalue weighted by Gasteiger charge is 2.29. The number of pyridine rings is 1. The van der Waals surface area contributed by atoms with Gasteiger partial charge in [0.15, 0.2) is 0 Å². The van der Waals surface area contributed by atoms with Gasteiger partial charge in [-0.3, -0.25) is 9.36 Å². The summed E-state index contributed by atoms with van der Waals surface area (Å²) in [6.45, 7) is 5.29. The fourth-order valence-corrected chi connectivity index (χ4v) is 4.15. The summed E-state index contributed by atoms with van der Waals surface area (Å²) in [6.07, 6.45) is 4.38. The Morgan fingerprint density at radius 2 is 2.03 bits per heavy atom. The molecule has 1 amide bonds. The standard InChI is InChI=1S/C22H25N5O3/c1-14-25-20-10-24-19(22(23)28)9-21(20)27(14)16-6-4-15(5-7-16)26-11-18(12-26)30-13-17-3-2-8-29-17/h4-7,9-10,17-18H,2-3,8,11-13H2,1H3,(H2,23,28). The number of benzene rings is 1. The number of hydrogen-bond acceptors (Lipinski definition) is 6. The number of ether oxygens (including phenoxy) is 2. The number of primary amides is 1. The fraction of sp³-hybridized carbons (Fsp3) is 0.409. The average molecular weight is 407 g/mol. The lowest BCUT2D eigenvalue weighted by Crippen LogP contribution is -2.53. The number of amides is 1. The van der Waals surface area contributed by atoms with E-state index >= 15 is 0 Å². The predicted molar refractivity (Wildman–Crippen MR) is 113 cm³/mol. The quantitative estimate of drug-likeness (QED) is 0.673. The molecule has 4 heterocycles. The first-order valence-corrected chi connectivity index (χ1v) is 10.3. The third kappa shape index (κ3) is 3.53. The highest BCUT2D eigenvalue weighted by atomic mass is 16.5. The van der Waals surface area contributed by atoms with Crippen molar-refractivity contribution in [1.82, 2.24) is 14.5 Å². The molecular weight excluding hydrogens is 382 g/mol. The molecule has 1 atom stereocenters. The van der Waals surface area contributed by atoms with Crippen molar-refractivity contribution >= 4 is 22.6 Å². The van der Waals surface area contributed by atoms with Gasteiger partial charge in [0.2, 0.25) is 0 Å². The summed E-state index contributed by atoms with van der Waals surface area (Å²) in [5.74, 6) is 0.277. The summed E-state index contributed by atoms with van der Waals surface area (Å²) >= 11 is 0. The number of aryl methyl sites for hydroxylation is 1. The van der Waals surface area contributed by atoms with Crippen molar-refractivity contribution in [2.75, 3.05) is 31.2 Å². The smallest absolute Gasteiger partial charge is 0.267 e. The highest BCUT2D eigenvalue weighted by Crippen LogP contribution is 2.27. The van der Waals surface area contributed by atoms with Gasteiger partial charge in [0.1, 0.15) is 17.0 Å². The number of nitrogens with two attached hydrogens (primary N) is 1. The zero-order valence-corrected chi connectivity index (χ0v) is 17.0. The Balaban J connectivity index is 1.28. The maximum Gasteiger partial charge on any atom is 0.267 e. The van der Waals surface area contributed by atoms with Crippen LogP contribution in [0.3, 0.4) is 0 Å². The van der Waals surface area contributed by atoms with Crippen molar-refractivity contribution in [2.45, 2.75) is 32.0 Å². The molecule has 0 spiro atoms. The van der Waals surface area contributed by atoms with Crippen molar-refractivity contribution in [3.63, 3.8) is 0 Å². The Hall–Kier alpha value is -2.97. The van der Waals surface area contributed by atoms with E-state index in [9.17, 15) is 4.79 Å². The molecule has 8 heteroatoms. The van der Waals surface area contributed by atoms with Gasteiger partial charge in [0.05, 0.1) is 30.5 Å². The van der Waals surface area contributed by atoms with Crippen LogP contribution in [0.15, 0.2) is 36.5 Å². The Kier molecular flexibility index (Phi) is 4.88. The molecule has 30 heavy (non-hydrogen) atoms. The molecule has 1 unspecified atom stereocenters. The number of anilines is 1. The van der Waals surface area contributed by atoms with Gasteiger partial charge < -0.3 is 20.1 Å². The van der Waals surface area contributed by atoms with Crippen LogP contribution in [0, 0.1) is 6.92 Å². The van der Waals surface area contributed by atoms with E-state index in [2.05, 4.69) is 39.1 Å². The third-order valence-corrected chi connectivity index (χ3v) is 5.82. The van der Waals surface area contributed by atoms with Crippen molar-refractivity contribution in [3.8, 4) is 5.69 Å². The minimum atomic E-state index is -0.549. The first-order chi connectivity index (χ1) is 14.6. The number of rotatable bonds is 6. The summed E-state index contributed by atoms with van der Waals surface area (Å²) in [5.41, 5.74) is 9.31. The molecule has 0 bridgehead atoms. The Morgan fingerprint density at radius 3 is 2.73 bits per heavy atom. The minimum absolute atomic E-state index is 0.231. The molecule has 1 aromatic carbocycles. The molecule has 2 aliphatic heterocycles. The van der Waals surface area contributed by atoms with Crippen LogP contribution in [-0.2, 0) is 9.47 Å². The number of imidazole rings is 1. The lowest BCUT2D eigenvalue weighted by atomic mass is 10.1. The third-order valence-electron chi connectivity index (χ3n) is 5.82. The zero-order valence-electron chi connectivity index (χ0n) is 17.0. The topological polar surface area (TPSA) is 95.5 Å². The van der Waals surface area contributed by atoms with Crippen LogP contribution in [0.4, 0.5) is 5.69 Å². The number of aromatic nitrogens is 3. The number of carbonyl (C=O) groups is 1. The van der Waals surface area contributed by atoms with Crippen LogP contribution < -0.4 is 10.6 Å². The molecule has 2 fully saturated rings. The normalized spacial score (nSPS) is 19.4. The van der Waals surface area contributed by atoms with E-state index < -0.39 is 5.91 Å². The Labute approximate surface area is 174 Å². The molecule has 2 aromatic heterocycles. The number of nitrogens with zero attached hydrogens (tertiary/aromatic N) is 4. The summed E-state index contributed by atoms with van der Waals surface area (Å²) in [5, 5.41) is 0. The van der Waals surface area contributed by atoms with Crippen LogP contribution in [0.25, 0.3) is 16.7 Å². The van der Waals surface area contributed by atoms with Crippen LogP contribution in [0.1, 0.15) is 29.2 Å². The molecule has 5 rings (SSSR count). The lowest BCUT2D eigenvalue weighted by Gasteiger charge is -2.41. The van der Waals surface area contributed by atoms with E-state index in [0.29, 0.717) is 6.61 Å². The molecule has 3 aromatic rings. The van der Waals surface area contributed by atoms with Gasteiger partial charge in [0.25, 0.3) is 5.91 Å². The second kappa shape index (κ2) is 7.70. The molecule has 0 aliphatic carbocycles. The molecule has 0 radical (unpaired) electrons. The van der Waals surface area contributed by atoms with Crippen molar-refractivity contribution in [3.05, 3.63) is 48.0 Å². The Bertz CT molecular complexity index is 1070. The van der Waals surface area contributed by atoms with Gasteiger partial charge in [-0.2, -0.15) is 0 Å². The molecular formula is C22H25N5O3. The molecule has 8 nitrogen and oxygen atoms in total. The van der Waals surface area contributed by atoms with Crippen LogP contribution in [0.2, 0.25) is 0 Å². The number of carbonyl (C=O) groups excluding carboxylic acids is 1. The van der Waals surface area contributed by atoms with Gasteiger partial charge in [-0.15, -0.1) is 0 Å². The van der Waals surface area contributed by atoms with Crippen LogP contribution >= 0.6 is 0 Å². The number of fused-ring (bicyclic) bond motifs is 1. The summed E-state index contributed by atoms with van der Waals surface area (Å²) < 4.78 is 13.6. The second-order valence-electron chi connectivity index (χ2n) is 7.93. The SMILES string of the molecule is Cc1nc2cnc(C(N)=O)cc2n1-c1ccc(N2CC(OCC3CCCO3)C2)cc1. The Morgan fingerprint density at radius 1 is 1.27 bits per heavy atom. The van der Waals surface area contributed by atoms with E-state index in [1.807, 2.05) is 11.5 Å². The summed E-state index contributed by atoms with van der Waals surface area (Å²) in [7, 11) is 0. The molecule has 2 saturated heterocycles. The van der Waals surface area contributed by atoms with E-state index in [0.717, 1.165) is 60.8 Å². The van der Waals surface area contributed by atoms with E-state index in [4.69, 9.17) is 15.2 Å². The lowest BCUT2D eigenvalue weighted by molar-refractivity contribution is -0.0295. The monoisotopic (exact) mass is 407 g/mol. The van der Waals surface area contributed by atoms with Crippen LogP contribution in [0.5, 0.6) is 0 Å². The fourth-order valence-electron chi connectivity index (χ4n) is 4.15. The van der Waals surface area contributed by atoms with Crippen molar-refractivity contribution in [2.24, 2.45) is 5.73 Å². The predicted octanol–water partition coefficient (Wildman–Crippen LogP) is 2.21. The second-order valence-corrected chi connectivity index (χ2v) is 7.93. The maximum atomic E-state index is 11.5.